The fourth-order valence-corrected chi connectivity index (χ4v) is 4.32. The topological polar surface area (TPSA) is 99.2 Å². The SMILES string of the molecule is CCOc1ccc(NC(=O)CN(C)C(=O)c2cc(-c3ccc(OC)c(OC)c3)nc3ccccc23)cc1OCC. The van der Waals surface area contributed by atoms with Gasteiger partial charge in [-0.3, -0.25) is 9.59 Å². The number of carbonyl (C=O) groups is 2. The number of nitrogens with zero attached hydrogens (tertiary/aromatic N) is 2. The number of benzene rings is 3. The van der Waals surface area contributed by atoms with Gasteiger partial charge in [0.1, 0.15) is 0 Å². The van der Waals surface area contributed by atoms with Gasteiger partial charge in [0, 0.05) is 29.8 Å². The largest absolute Gasteiger partial charge is 0.493 e. The molecular formula is C31H33N3O6. The second-order valence-corrected chi connectivity index (χ2v) is 8.88. The number of pyridine rings is 1. The first-order chi connectivity index (χ1) is 19.4. The zero-order chi connectivity index (χ0) is 28.6. The molecule has 0 aliphatic carbocycles. The molecule has 0 unspecified atom stereocenters. The zero-order valence-electron chi connectivity index (χ0n) is 23.3. The normalized spacial score (nSPS) is 10.6. The van der Waals surface area contributed by atoms with Crippen molar-refractivity contribution >= 4 is 28.4 Å². The highest BCUT2D eigenvalue weighted by Gasteiger charge is 2.20. The first-order valence-corrected chi connectivity index (χ1v) is 13.0. The van der Waals surface area contributed by atoms with Gasteiger partial charge in [-0.05, 0) is 56.3 Å². The fraction of sp³-hybridized carbons (Fsp3) is 0.258. The molecule has 3 aromatic carbocycles. The highest BCUT2D eigenvalue weighted by molar-refractivity contribution is 6.08. The lowest BCUT2D eigenvalue weighted by Gasteiger charge is -2.19. The molecule has 0 aliphatic heterocycles. The van der Waals surface area contributed by atoms with Gasteiger partial charge >= 0.3 is 0 Å². The van der Waals surface area contributed by atoms with E-state index in [1.807, 2.05) is 50.2 Å². The van der Waals surface area contributed by atoms with Gasteiger partial charge < -0.3 is 29.2 Å². The number of hydrogen-bond donors (Lipinski definition) is 1. The monoisotopic (exact) mass is 543 g/mol. The van der Waals surface area contributed by atoms with Crippen LogP contribution in [0.15, 0.2) is 66.7 Å². The van der Waals surface area contributed by atoms with Crippen molar-refractivity contribution in [2.24, 2.45) is 0 Å². The van der Waals surface area contributed by atoms with Crippen LogP contribution < -0.4 is 24.3 Å². The number of hydrogen-bond acceptors (Lipinski definition) is 7. The van der Waals surface area contributed by atoms with E-state index in [0.29, 0.717) is 64.1 Å². The molecule has 0 atom stereocenters. The maximum absolute atomic E-state index is 13.6. The predicted molar refractivity (Wildman–Crippen MR) is 155 cm³/mol. The van der Waals surface area contributed by atoms with Gasteiger partial charge in [-0.25, -0.2) is 4.98 Å². The van der Waals surface area contributed by atoms with Crippen LogP contribution in [0, 0.1) is 0 Å². The summed E-state index contributed by atoms with van der Waals surface area (Å²) in [6, 6.07) is 19.8. The minimum atomic E-state index is -0.346. The van der Waals surface area contributed by atoms with Crippen LogP contribution in [0.5, 0.6) is 23.0 Å². The molecule has 1 heterocycles. The smallest absolute Gasteiger partial charge is 0.254 e. The molecular weight excluding hydrogens is 510 g/mol. The molecule has 0 bridgehead atoms. The van der Waals surface area contributed by atoms with E-state index in [2.05, 4.69) is 5.32 Å². The molecule has 9 heteroatoms. The molecule has 0 saturated carbocycles. The van der Waals surface area contributed by atoms with Crippen LogP contribution in [0.25, 0.3) is 22.2 Å². The van der Waals surface area contributed by atoms with E-state index in [4.69, 9.17) is 23.9 Å². The van der Waals surface area contributed by atoms with Crippen molar-refractivity contribution in [3.63, 3.8) is 0 Å². The van der Waals surface area contributed by atoms with Gasteiger partial charge in [-0.15, -0.1) is 0 Å². The zero-order valence-corrected chi connectivity index (χ0v) is 23.3. The van der Waals surface area contributed by atoms with Crippen LogP contribution in [0.4, 0.5) is 5.69 Å². The second kappa shape index (κ2) is 12.8. The number of nitrogens with one attached hydrogen (secondary N) is 1. The third kappa shape index (κ3) is 6.26. The van der Waals surface area contributed by atoms with E-state index >= 15 is 0 Å². The van der Waals surface area contributed by atoms with Crippen molar-refractivity contribution in [3.05, 3.63) is 72.3 Å². The summed E-state index contributed by atoms with van der Waals surface area (Å²) in [5.74, 6) is 1.63. The summed E-state index contributed by atoms with van der Waals surface area (Å²) in [7, 11) is 4.73. The third-order valence-corrected chi connectivity index (χ3v) is 6.18. The fourth-order valence-electron chi connectivity index (χ4n) is 4.32. The van der Waals surface area contributed by atoms with E-state index in [0.717, 1.165) is 5.56 Å². The van der Waals surface area contributed by atoms with Gasteiger partial charge in [0.2, 0.25) is 5.91 Å². The van der Waals surface area contributed by atoms with Gasteiger partial charge in [0.05, 0.1) is 50.8 Å². The van der Waals surface area contributed by atoms with E-state index in [9.17, 15) is 9.59 Å². The van der Waals surface area contributed by atoms with Gasteiger partial charge in [0.15, 0.2) is 23.0 Å². The van der Waals surface area contributed by atoms with E-state index in [1.54, 1.807) is 51.6 Å². The number of anilines is 1. The quantitative estimate of drug-likeness (QED) is 0.269. The second-order valence-electron chi connectivity index (χ2n) is 8.88. The number of rotatable bonds is 11. The summed E-state index contributed by atoms with van der Waals surface area (Å²) in [6.07, 6.45) is 0. The van der Waals surface area contributed by atoms with E-state index in [1.165, 1.54) is 4.90 Å². The van der Waals surface area contributed by atoms with Crippen LogP contribution >= 0.6 is 0 Å². The number of methoxy groups -OCH3 is 2. The molecule has 0 aliphatic rings. The average molecular weight is 544 g/mol. The summed E-state index contributed by atoms with van der Waals surface area (Å²) in [5.41, 5.74) is 3.00. The molecule has 4 aromatic rings. The van der Waals surface area contributed by atoms with Crippen molar-refractivity contribution in [1.29, 1.82) is 0 Å². The van der Waals surface area contributed by atoms with Gasteiger partial charge in [-0.2, -0.15) is 0 Å². The van der Waals surface area contributed by atoms with Crippen molar-refractivity contribution in [1.82, 2.24) is 9.88 Å². The number of ether oxygens (including phenoxy) is 4. The van der Waals surface area contributed by atoms with Crippen molar-refractivity contribution < 1.29 is 28.5 Å². The lowest BCUT2D eigenvalue weighted by Crippen LogP contribution is -2.35. The Morgan fingerprint density at radius 1 is 0.825 bits per heavy atom. The Bertz CT molecular complexity index is 1520. The number of amides is 2. The van der Waals surface area contributed by atoms with Gasteiger partial charge in [-0.1, -0.05) is 18.2 Å². The maximum Gasteiger partial charge on any atom is 0.254 e. The molecule has 9 nitrogen and oxygen atoms in total. The lowest BCUT2D eigenvalue weighted by atomic mass is 10.0. The summed E-state index contributed by atoms with van der Waals surface area (Å²) in [6.45, 7) is 4.57. The number of likely N-dealkylation sites (N-methyl/N-ethyl adjacent to an activating group) is 1. The molecule has 1 N–H and O–H groups in total. The highest BCUT2D eigenvalue weighted by Crippen LogP contribution is 2.34. The first-order valence-electron chi connectivity index (χ1n) is 13.0. The van der Waals surface area contributed by atoms with Crippen molar-refractivity contribution in [2.45, 2.75) is 13.8 Å². The van der Waals surface area contributed by atoms with Crippen LogP contribution in [0.3, 0.4) is 0 Å². The molecule has 0 fully saturated rings. The lowest BCUT2D eigenvalue weighted by molar-refractivity contribution is -0.116. The van der Waals surface area contributed by atoms with E-state index < -0.39 is 0 Å². The van der Waals surface area contributed by atoms with Crippen molar-refractivity contribution in [3.8, 4) is 34.3 Å². The highest BCUT2D eigenvalue weighted by atomic mass is 16.5. The molecule has 208 valence electrons. The summed E-state index contributed by atoms with van der Waals surface area (Å²) in [5, 5.41) is 3.53. The van der Waals surface area contributed by atoms with Gasteiger partial charge in [0.25, 0.3) is 5.91 Å². The van der Waals surface area contributed by atoms with Crippen LogP contribution in [-0.2, 0) is 4.79 Å². The third-order valence-electron chi connectivity index (χ3n) is 6.18. The molecule has 40 heavy (non-hydrogen) atoms. The average Bonchev–Trinajstić information content (AvgIpc) is 2.97. The number of para-hydroxylation sites is 1. The first kappa shape index (κ1) is 28.2. The van der Waals surface area contributed by atoms with E-state index in [-0.39, 0.29) is 18.4 Å². The Morgan fingerprint density at radius 3 is 2.25 bits per heavy atom. The molecule has 0 radical (unpaired) electrons. The molecule has 4 rings (SSSR count). The molecule has 0 saturated heterocycles. The standard InChI is InChI=1S/C31H33N3O6/c1-6-39-27-15-13-21(17-29(27)40-7-2)32-30(35)19-34(3)31(36)23-18-25(33-24-11-9-8-10-22(23)24)20-12-14-26(37-4)28(16-20)38-5/h8-18H,6-7,19H2,1-5H3,(H,32,35). The Balaban J connectivity index is 1.58. The Kier molecular flexibility index (Phi) is 9.06. The number of carbonyl (C=O) groups excluding carboxylic acids is 2. The summed E-state index contributed by atoms with van der Waals surface area (Å²) >= 11 is 0. The Labute approximate surface area is 233 Å². The number of aromatic nitrogens is 1. The maximum atomic E-state index is 13.6. The minimum Gasteiger partial charge on any atom is -0.493 e. The Morgan fingerprint density at radius 2 is 1.52 bits per heavy atom. The summed E-state index contributed by atoms with van der Waals surface area (Å²) in [4.78, 5) is 32.7. The number of fused-ring (bicyclic) bond motifs is 1. The molecule has 1 aromatic heterocycles. The van der Waals surface area contributed by atoms with Crippen LogP contribution in [0.2, 0.25) is 0 Å². The molecule has 2 amide bonds. The summed E-state index contributed by atoms with van der Waals surface area (Å²) < 4.78 is 22.0. The predicted octanol–water partition coefficient (Wildman–Crippen LogP) is 5.43. The molecule has 0 spiro atoms. The minimum absolute atomic E-state index is 0.154. The van der Waals surface area contributed by atoms with Crippen molar-refractivity contribution in [2.75, 3.05) is 46.3 Å². The van der Waals surface area contributed by atoms with Crippen LogP contribution in [-0.4, -0.2) is 62.7 Å². The van der Waals surface area contributed by atoms with Crippen LogP contribution in [0.1, 0.15) is 24.2 Å². The Hall–Kier alpha value is -4.79.